The lowest BCUT2D eigenvalue weighted by molar-refractivity contribution is -0.113. The average molecular weight is 412 g/mol. The first-order valence-corrected chi connectivity index (χ1v) is 11.6. The Morgan fingerprint density at radius 2 is 2.00 bits per heavy atom. The van der Waals surface area contributed by atoms with Gasteiger partial charge in [-0.15, -0.1) is 11.3 Å². The number of aromatic amines is 1. The third kappa shape index (κ3) is 3.37. The summed E-state index contributed by atoms with van der Waals surface area (Å²) in [6.07, 6.45) is 7.74. The van der Waals surface area contributed by atoms with Crippen molar-refractivity contribution in [3.8, 4) is 0 Å². The molecular weight excluding hydrogens is 390 g/mol. The van der Waals surface area contributed by atoms with Crippen LogP contribution in [0.5, 0.6) is 0 Å². The fourth-order valence-corrected chi connectivity index (χ4v) is 6.17. The van der Waals surface area contributed by atoms with Gasteiger partial charge in [0.25, 0.3) is 5.56 Å². The van der Waals surface area contributed by atoms with Crippen LogP contribution in [-0.2, 0) is 30.5 Å². The molecule has 0 saturated carbocycles. The smallest absolute Gasteiger partial charge is 0.260 e. The van der Waals surface area contributed by atoms with Gasteiger partial charge in [0.05, 0.1) is 11.1 Å². The molecule has 1 amide bonds. The largest absolute Gasteiger partial charge is 0.325 e. The average Bonchev–Trinajstić information content (AvgIpc) is 3.30. The first-order chi connectivity index (χ1) is 13.7. The van der Waals surface area contributed by atoms with E-state index >= 15 is 0 Å². The summed E-state index contributed by atoms with van der Waals surface area (Å²) in [6.45, 7) is 0. The molecule has 3 aromatic rings. The molecule has 2 aliphatic rings. The number of anilines is 1. The Bertz CT molecular complexity index is 1130. The second-order valence-electron chi connectivity index (χ2n) is 7.44. The lowest BCUT2D eigenvalue weighted by atomic mass is 9.97. The van der Waals surface area contributed by atoms with Gasteiger partial charge in [-0.25, -0.2) is 4.98 Å². The summed E-state index contributed by atoms with van der Waals surface area (Å²) >= 11 is 2.91. The molecule has 0 saturated heterocycles. The summed E-state index contributed by atoms with van der Waals surface area (Å²) in [4.78, 5) is 34.5. The molecule has 0 aliphatic heterocycles. The Morgan fingerprint density at radius 3 is 2.93 bits per heavy atom. The van der Waals surface area contributed by atoms with Crippen molar-refractivity contribution >= 4 is 44.9 Å². The van der Waals surface area contributed by atoms with Crippen molar-refractivity contribution in [3.63, 3.8) is 0 Å². The fourth-order valence-electron chi connectivity index (χ4n) is 4.19. The van der Waals surface area contributed by atoms with Crippen LogP contribution in [0.1, 0.15) is 40.8 Å². The summed E-state index contributed by atoms with van der Waals surface area (Å²) in [6, 6.07) is 6.15. The molecule has 0 unspecified atom stereocenters. The molecule has 0 radical (unpaired) electrons. The van der Waals surface area contributed by atoms with Crippen molar-refractivity contribution in [2.24, 2.45) is 0 Å². The molecule has 0 spiro atoms. The number of thioether (sulfide) groups is 1. The minimum absolute atomic E-state index is 0.0778. The van der Waals surface area contributed by atoms with Crippen molar-refractivity contribution in [1.29, 1.82) is 0 Å². The van der Waals surface area contributed by atoms with Crippen molar-refractivity contribution in [2.45, 2.75) is 50.1 Å². The maximum atomic E-state index is 12.6. The second-order valence-corrected chi connectivity index (χ2v) is 9.48. The van der Waals surface area contributed by atoms with E-state index < -0.39 is 0 Å². The van der Waals surface area contributed by atoms with Crippen LogP contribution >= 0.6 is 23.1 Å². The van der Waals surface area contributed by atoms with Crippen LogP contribution < -0.4 is 10.9 Å². The van der Waals surface area contributed by atoms with Crippen LogP contribution in [-0.4, -0.2) is 21.6 Å². The van der Waals surface area contributed by atoms with Gasteiger partial charge < -0.3 is 10.3 Å². The Kier molecular flexibility index (Phi) is 4.72. The van der Waals surface area contributed by atoms with Crippen LogP contribution in [0, 0.1) is 0 Å². The Labute approximate surface area is 171 Å². The van der Waals surface area contributed by atoms with Gasteiger partial charge in [0.15, 0.2) is 5.16 Å². The van der Waals surface area contributed by atoms with Gasteiger partial charge in [-0.2, -0.15) is 0 Å². The minimum Gasteiger partial charge on any atom is -0.325 e. The van der Waals surface area contributed by atoms with Crippen molar-refractivity contribution in [2.75, 3.05) is 11.1 Å². The number of nitrogens with zero attached hydrogens (tertiary/aromatic N) is 1. The number of rotatable bonds is 4. The molecule has 2 N–H and O–H groups in total. The number of carbonyl (C=O) groups excluding carboxylic acids is 1. The molecule has 5 rings (SSSR count). The quantitative estimate of drug-likeness (QED) is 0.501. The first-order valence-electron chi connectivity index (χ1n) is 9.76. The summed E-state index contributed by atoms with van der Waals surface area (Å²) < 4.78 is 0. The molecular formula is C21H21N3O2S2. The van der Waals surface area contributed by atoms with Crippen LogP contribution in [0.15, 0.2) is 28.2 Å². The van der Waals surface area contributed by atoms with E-state index in [4.69, 9.17) is 0 Å². The first kappa shape index (κ1) is 17.9. The van der Waals surface area contributed by atoms with Crippen molar-refractivity contribution in [3.05, 3.63) is 50.1 Å². The molecule has 2 aromatic heterocycles. The van der Waals surface area contributed by atoms with Crippen LogP contribution in [0.3, 0.4) is 0 Å². The highest BCUT2D eigenvalue weighted by atomic mass is 32.2. The number of nitrogens with one attached hydrogen (secondary N) is 2. The lowest BCUT2D eigenvalue weighted by Crippen LogP contribution is -2.16. The van der Waals surface area contributed by atoms with Gasteiger partial charge in [0.1, 0.15) is 4.83 Å². The number of fused-ring (bicyclic) bond motifs is 4. The highest BCUT2D eigenvalue weighted by Crippen LogP contribution is 2.34. The number of aryl methyl sites for hydroxylation is 4. The molecule has 1 aromatic carbocycles. The zero-order chi connectivity index (χ0) is 19.1. The fraction of sp³-hybridized carbons (Fsp3) is 0.381. The zero-order valence-electron chi connectivity index (χ0n) is 15.5. The standard InChI is InChI=1S/C21H21N3O2S2/c25-17(22-14-9-8-12-4-3-5-13(12)10-14)11-27-21-23-19(26)18-15-6-1-2-7-16(15)28-20(18)24-21/h8-10H,1-7,11H2,(H,22,25)(H,23,24,26). The second kappa shape index (κ2) is 7.37. The molecule has 0 atom stereocenters. The Balaban J connectivity index is 1.29. The molecule has 7 heteroatoms. The van der Waals surface area contributed by atoms with E-state index in [-0.39, 0.29) is 17.2 Å². The van der Waals surface area contributed by atoms with Crippen LogP contribution in [0.2, 0.25) is 0 Å². The van der Waals surface area contributed by atoms with Gasteiger partial charge in [0, 0.05) is 10.6 Å². The predicted octanol–water partition coefficient (Wildman–Crippen LogP) is 4.08. The normalized spacial score (nSPS) is 15.4. The number of benzene rings is 1. The van der Waals surface area contributed by atoms with E-state index in [9.17, 15) is 9.59 Å². The summed E-state index contributed by atoms with van der Waals surface area (Å²) in [5.74, 6) is 0.132. The zero-order valence-corrected chi connectivity index (χ0v) is 17.1. The minimum atomic E-state index is -0.0869. The van der Waals surface area contributed by atoms with Crippen LogP contribution in [0.25, 0.3) is 10.2 Å². The van der Waals surface area contributed by atoms with Crippen molar-refractivity contribution in [1.82, 2.24) is 9.97 Å². The SMILES string of the molecule is O=C(CSc1nc2sc3c(c2c(=O)[nH]1)CCCC3)Nc1ccc2c(c1)CCC2. The summed E-state index contributed by atoms with van der Waals surface area (Å²) in [7, 11) is 0. The monoisotopic (exact) mass is 411 g/mol. The molecule has 5 nitrogen and oxygen atoms in total. The molecule has 0 bridgehead atoms. The van der Waals surface area contributed by atoms with Gasteiger partial charge in [-0.05, 0) is 73.8 Å². The highest BCUT2D eigenvalue weighted by Gasteiger charge is 2.20. The topological polar surface area (TPSA) is 74.8 Å². The van der Waals surface area contributed by atoms with Crippen molar-refractivity contribution < 1.29 is 4.79 Å². The van der Waals surface area contributed by atoms with E-state index in [0.29, 0.717) is 5.16 Å². The van der Waals surface area contributed by atoms with E-state index in [2.05, 4.69) is 27.4 Å². The number of thiophene rings is 1. The van der Waals surface area contributed by atoms with E-state index in [0.717, 1.165) is 48.0 Å². The molecule has 144 valence electrons. The Morgan fingerprint density at radius 1 is 1.14 bits per heavy atom. The molecule has 2 heterocycles. The van der Waals surface area contributed by atoms with E-state index in [1.54, 1.807) is 11.3 Å². The number of aromatic nitrogens is 2. The van der Waals surface area contributed by atoms with Gasteiger partial charge >= 0.3 is 0 Å². The van der Waals surface area contributed by atoms with E-state index in [1.165, 1.54) is 46.2 Å². The molecule has 0 fully saturated rings. The summed E-state index contributed by atoms with van der Waals surface area (Å²) in [5.41, 5.74) is 4.68. The maximum absolute atomic E-state index is 12.6. The number of H-pyrrole nitrogens is 1. The highest BCUT2D eigenvalue weighted by molar-refractivity contribution is 7.99. The number of hydrogen-bond donors (Lipinski definition) is 2. The third-order valence-corrected chi connectivity index (χ3v) is 7.58. The maximum Gasteiger partial charge on any atom is 0.260 e. The number of amides is 1. The third-order valence-electron chi connectivity index (χ3n) is 5.53. The van der Waals surface area contributed by atoms with Crippen LogP contribution in [0.4, 0.5) is 5.69 Å². The van der Waals surface area contributed by atoms with Gasteiger partial charge in [-0.1, -0.05) is 17.8 Å². The van der Waals surface area contributed by atoms with Gasteiger partial charge in [-0.3, -0.25) is 9.59 Å². The Hall–Kier alpha value is -2.12. The number of carbonyl (C=O) groups is 1. The molecule has 28 heavy (non-hydrogen) atoms. The summed E-state index contributed by atoms with van der Waals surface area (Å²) in [5, 5.41) is 4.23. The number of hydrogen-bond acceptors (Lipinski definition) is 5. The van der Waals surface area contributed by atoms with E-state index in [1.807, 2.05) is 6.07 Å². The predicted molar refractivity (Wildman–Crippen MR) is 115 cm³/mol. The van der Waals surface area contributed by atoms with Gasteiger partial charge in [0.2, 0.25) is 5.91 Å². The lowest BCUT2D eigenvalue weighted by Gasteiger charge is -2.09. The molecule has 2 aliphatic carbocycles.